The molecule has 1 aliphatic rings. The van der Waals surface area contributed by atoms with E-state index in [1.54, 1.807) is 30.3 Å². The molecule has 0 unspecified atom stereocenters. The monoisotopic (exact) mass is 335 g/mol. The Balaban J connectivity index is 1.74. The van der Waals surface area contributed by atoms with Crippen molar-refractivity contribution in [2.75, 3.05) is 7.05 Å². The molecule has 2 aromatic heterocycles. The third-order valence-electron chi connectivity index (χ3n) is 3.39. The fraction of sp³-hybridized carbons (Fsp3) is 0.385. The van der Waals surface area contributed by atoms with Crippen LogP contribution in [0.15, 0.2) is 22.9 Å². The average molecular weight is 336 g/mol. The maximum Gasteiger partial charge on any atom is 0.255 e. The van der Waals surface area contributed by atoms with E-state index in [0.29, 0.717) is 16.7 Å². The van der Waals surface area contributed by atoms with Crippen molar-refractivity contribution in [1.29, 1.82) is 0 Å². The molecule has 7 heteroatoms. The second kappa shape index (κ2) is 5.32. The van der Waals surface area contributed by atoms with Crippen LogP contribution in [-0.4, -0.2) is 37.6 Å². The van der Waals surface area contributed by atoms with E-state index in [2.05, 4.69) is 35.7 Å². The number of amides is 1. The van der Waals surface area contributed by atoms with Crippen molar-refractivity contribution in [1.82, 2.24) is 24.6 Å². The van der Waals surface area contributed by atoms with Crippen LogP contribution in [0, 0.1) is 0 Å². The minimum absolute atomic E-state index is 0.0691. The lowest BCUT2D eigenvalue weighted by Crippen LogP contribution is -2.27. The van der Waals surface area contributed by atoms with Crippen molar-refractivity contribution in [3.05, 3.63) is 40.1 Å². The molecule has 0 atom stereocenters. The summed E-state index contributed by atoms with van der Waals surface area (Å²) < 4.78 is 2.82. The number of nitrogens with zero attached hydrogens (tertiary/aromatic N) is 5. The maximum atomic E-state index is 12.3. The summed E-state index contributed by atoms with van der Waals surface area (Å²) in [5, 5.41) is 8.31. The number of carbonyl (C=O) groups is 1. The van der Waals surface area contributed by atoms with E-state index < -0.39 is 0 Å². The number of fused-ring (bicyclic) bond motifs is 1. The topological polar surface area (TPSA) is 63.9 Å². The fourth-order valence-corrected chi connectivity index (χ4v) is 2.57. The largest absolute Gasteiger partial charge is 0.334 e. The van der Waals surface area contributed by atoms with Crippen molar-refractivity contribution in [2.24, 2.45) is 0 Å². The molecule has 0 N–H and O–H groups in total. The fourth-order valence-electron chi connectivity index (χ4n) is 2.33. The van der Waals surface area contributed by atoms with Gasteiger partial charge in [0.2, 0.25) is 0 Å². The Hall–Kier alpha value is -1.76. The first-order valence-electron chi connectivity index (χ1n) is 6.43. The van der Waals surface area contributed by atoms with E-state index in [1.165, 1.54) is 0 Å². The standard InChI is InChI=1S/C13H14BrN5O/c1-18(13(20)9-4-5-10(14)15-7-9)8-12-17-16-11-3-2-6-19(11)12/h4-5,7H,2-3,6,8H2,1H3. The van der Waals surface area contributed by atoms with E-state index in [9.17, 15) is 4.79 Å². The lowest BCUT2D eigenvalue weighted by Gasteiger charge is -2.16. The number of rotatable bonds is 3. The van der Waals surface area contributed by atoms with Crippen molar-refractivity contribution >= 4 is 21.8 Å². The minimum Gasteiger partial charge on any atom is -0.334 e. The van der Waals surface area contributed by atoms with E-state index in [0.717, 1.165) is 31.0 Å². The molecule has 1 aliphatic heterocycles. The van der Waals surface area contributed by atoms with Gasteiger partial charge in [-0.2, -0.15) is 0 Å². The van der Waals surface area contributed by atoms with Gasteiger partial charge < -0.3 is 9.47 Å². The zero-order valence-electron chi connectivity index (χ0n) is 11.1. The van der Waals surface area contributed by atoms with Gasteiger partial charge in [0.15, 0.2) is 5.82 Å². The molecular weight excluding hydrogens is 322 g/mol. The summed E-state index contributed by atoms with van der Waals surface area (Å²) in [5.74, 6) is 1.80. The lowest BCUT2D eigenvalue weighted by atomic mass is 10.2. The molecule has 3 heterocycles. The first-order chi connectivity index (χ1) is 9.65. The van der Waals surface area contributed by atoms with Crippen molar-refractivity contribution in [3.8, 4) is 0 Å². The lowest BCUT2D eigenvalue weighted by molar-refractivity contribution is 0.0779. The molecule has 0 aliphatic carbocycles. The predicted octanol–water partition coefficient (Wildman–Crippen LogP) is 1.65. The summed E-state index contributed by atoms with van der Waals surface area (Å²) in [5.41, 5.74) is 0.567. The number of hydrogen-bond acceptors (Lipinski definition) is 4. The van der Waals surface area contributed by atoms with Crippen LogP contribution in [0.2, 0.25) is 0 Å². The molecule has 20 heavy (non-hydrogen) atoms. The highest BCUT2D eigenvalue weighted by atomic mass is 79.9. The molecule has 0 radical (unpaired) electrons. The van der Waals surface area contributed by atoms with E-state index in [1.807, 2.05) is 0 Å². The van der Waals surface area contributed by atoms with Crippen LogP contribution in [0.5, 0.6) is 0 Å². The van der Waals surface area contributed by atoms with Gasteiger partial charge in [-0.1, -0.05) is 0 Å². The van der Waals surface area contributed by atoms with Crippen LogP contribution in [0.1, 0.15) is 28.4 Å². The third kappa shape index (κ3) is 2.45. The van der Waals surface area contributed by atoms with Crippen LogP contribution < -0.4 is 0 Å². The van der Waals surface area contributed by atoms with Gasteiger partial charge in [-0.05, 0) is 34.5 Å². The quantitative estimate of drug-likeness (QED) is 0.800. The maximum absolute atomic E-state index is 12.3. The number of carbonyl (C=O) groups excluding carboxylic acids is 1. The molecule has 0 saturated carbocycles. The first kappa shape index (κ1) is 13.2. The summed E-state index contributed by atoms with van der Waals surface area (Å²) in [4.78, 5) is 18.0. The Morgan fingerprint density at radius 3 is 3.05 bits per heavy atom. The predicted molar refractivity (Wildman–Crippen MR) is 76.1 cm³/mol. The molecule has 0 aromatic carbocycles. The van der Waals surface area contributed by atoms with Gasteiger partial charge in [-0.15, -0.1) is 10.2 Å². The second-order valence-corrected chi connectivity index (χ2v) is 5.63. The molecule has 3 rings (SSSR count). The molecule has 104 valence electrons. The second-order valence-electron chi connectivity index (χ2n) is 4.82. The first-order valence-corrected chi connectivity index (χ1v) is 7.22. The van der Waals surface area contributed by atoms with Gasteiger partial charge in [0, 0.05) is 26.2 Å². The van der Waals surface area contributed by atoms with Crippen LogP contribution >= 0.6 is 15.9 Å². The molecule has 2 aromatic rings. The zero-order chi connectivity index (χ0) is 14.1. The van der Waals surface area contributed by atoms with Gasteiger partial charge in [-0.3, -0.25) is 4.79 Å². The Morgan fingerprint density at radius 1 is 1.45 bits per heavy atom. The van der Waals surface area contributed by atoms with Crippen molar-refractivity contribution in [2.45, 2.75) is 25.9 Å². The summed E-state index contributed by atoms with van der Waals surface area (Å²) in [6.45, 7) is 1.40. The van der Waals surface area contributed by atoms with Gasteiger partial charge >= 0.3 is 0 Å². The molecule has 0 spiro atoms. The van der Waals surface area contributed by atoms with Crippen LogP contribution in [0.4, 0.5) is 0 Å². The summed E-state index contributed by atoms with van der Waals surface area (Å²) in [6, 6.07) is 3.51. The normalized spacial score (nSPS) is 13.3. The minimum atomic E-state index is -0.0691. The Morgan fingerprint density at radius 2 is 2.30 bits per heavy atom. The number of pyridine rings is 1. The molecule has 6 nitrogen and oxygen atoms in total. The number of halogens is 1. The number of aromatic nitrogens is 4. The third-order valence-corrected chi connectivity index (χ3v) is 3.85. The van der Waals surface area contributed by atoms with E-state index in [-0.39, 0.29) is 5.91 Å². The van der Waals surface area contributed by atoms with Crippen molar-refractivity contribution < 1.29 is 4.79 Å². The van der Waals surface area contributed by atoms with Crippen LogP contribution in [0.25, 0.3) is 0 Å². The highest BCUT2D eigenvalue weighted by Gasteiger charge is 2.20. The molecular formula is C13H14BrN5O. The summed E-state index contributed by atoms with van der Waals surface area (Å²) >= 11 is 3.26. The van der Waals surface area contributed by atoms with E-state index >= 15 is 0 Å². The van der Waals surface area contributed by atoms with E-state index in [4.69, 9.17) is 0 Å². The smallest absolute Gasteiger partial charge is 0.255 e. The Labute approximate surface area is 125 Å². The highest BCUT2D eigenvalue weighted by Crippen LogP contribution is 2.16. The van der Waals surface area contributed by atoms with Crippen LogP contribution in [-0.2, 0) is 19.5 Å². The average Bonchev–Trinajstić information content (AvgIpc) is 3.04. The number of aryl methyl sites for hydroxylation is 1. The van der Waals surface area contributed by atoms with Crippen LogP contribution in [0.3, 0.4) is 0 Å². The van der Waals surface area contributed by atoms with Gasteiger partial charge in [-0.25, -0.2) is 4.98 Å². The molecule has 0 fully saturated rings. The molecule has 0 bridgehead atoms. The summed E-state index contributed by atoms with van der Waals surface area (Å²) in [6.07, 6.45) is 3.64. The zero-order valence-corrected chi connectivity index (χ0v) is 12.7. The van der Waals surface area contributed by atoms with Crippen molar-refractivity contribution in [3.63, 3.8) is 0 Å². The SMILES string of the molecule is CN(Cc1nnc2n1CCC2)C(=O)c1ccc(Br)nc1. The van der Waals surface area contributed by atoms with Gasteiger partial charge in [0.25, 0.3) is 5.91 Å². The Bertz CT molecular complexity index is 637. The number of hydrogen-bond donors (Lipinski definition) is 0. The molecule has 1 amide bonds. The van der Waals surface area contributed by atoms with Gasteiger partial charge in [0.1, 0.15) is 10.4 Å². The highest BCUT2D eigenvalue weighted by molar-refractivity contribution is 9.10. The van der Waals surface area contributed by atoms with Gasteiger partial charge in [0.05, 0.1) is 12.1 Å². The summed E-state index contributed by atoms with van der Waals surface area (Å²) in [7, 11) is 1.76. The Kier molecular flexibility index (Phi) is 3.52. The molecule has 0 saturated heterocycles.